The van der Waals surface area contributed by atoms with E-state index in [0.717, 1.165) is 16.9 Å². The maximum atomic E-state index is 13.1. The van der Waals surface area contributed by atoms with Crippen molar-refractivity contribution in [3.8, 4) is 5.75 Å². The molecule has 2 aromatic carbocycles. The quantitative estimate of drug-likeness (QED) is 0.857. The van der Waals surface area contributed by atoms with Crippen LogP contribution in [-0.2, 0) is 11.8 Å². The molecule has 1 unspecified atom stereocenters. The number of aliphatic hydroxyl groups is 1. The molecule has 0 amide bonds. The molecule has 3 nitrogen and oxygen atoms in total. The summed E-state index contributed by atoms with van der Waals surface area (Å²) >= 11 is 0. The number of aliphatic hydroxyl groups excluding tert-OH is 1. The van der Waals surface area contributed by atoms with Crippen LogP contribution in [-0.4, -0.2) is 25.4 Å². The van der Waals surface area contributed by atoms with Crippen molar-refractivity contribution in [1.82, 2.24) is 0 Å². The van der Waals surface area contributed by atoms with Crippen molar-refractivity contribution in [1.29, 1.82) is 0 Å². The predicted molar refractivity (Wildman–Crippen MR) is 80.9 cm³/mol. The molecule has 2 aromatic rings. The molecule has 0 aliphatic heterocycles. The zero-order valence-corrected chi connectivity index (χ0v) is 12.1. The third-order valence-corrected chi connectivity index (χ3v) is 3.83. The van der Waals surface area contributed by atoms with E-state index in [0.29, 0.717) is 6.42 Å². The molecule has 3 N–H and O–H groups in total. The second-order valence-corrected chi connectivity index (χ2v) is 5.18. The lowest BCUT2D eigenvalue weighted by atomic mass is 9.76. The van der Waals surface area contributed by atoms with Gasteiger partial charge in [0.25, 0.3) is 0 Å². The van der Waals surface area contributed by atoms with E-state index in [1.54, 1.807) is 19.2 Å². The summed E-state index contributed by atoms with van der Waals surface area (Å²) < 4.78 is 18.3. The molecule has 112 valence electrons. The van der Waals surface area contributed by atoms with Crippen LogP contribution in [0, 0.1) is 5.82 Å². The predicted octanol–water partition coefficient (Wildman–Crippen LogP) is 2.27. The molecular formula is C17H20FNO2. The average Bonchev–Trinajstić information content (AvgIpc) is 2.54. The van der Waals surface area contributed by atoms with Gasteiger partial charge in [0.1, 0.15) is 11.6 Å². The largest absolute Gasteiger partial charge is 0.497 e. The first-order valence-corrected chi connectivity index (χ1v) is 6.83. The number of halogens is 1. The van der Waals surface area contributed by atoms with Crippen molar-refractivity contribution < 1.29 is 14.2 Å². The van der Waals surface area contributed by atoms with Gasteiger partial charge in [0.15, 0.2) is 0 Å². The van der Waals surface area contributed by atoms with E-state index < -0.39 is 5.41 Å². The highest BCUT2D eigenvalue weighted by Gasteiger charge is 2.30. The van der Waals surface area contributed by atoms with Crippen molar-refractivity contribution in [2.24, 2.45) is 5.73 Å². The molecule has 0 radical (unpaired) electrons. The molecule has 21 heavy (non-hydrogen) atoms. The van der Waals surface area contributed by atoms with E-state index in [1.165, 1.54) is 12.1 Å². The molecule has 4 heteroatoms. The minimum absolute atomic E-state index is 0.105. The van der Waals surface area contributed by atoms with E-state index in [-0.39, 0.29) is 19.0 Å². The highest BCUT2D eigenvalue weighted by Crippen LogP contribution is 2.29. The molecule has 0 spiro atoms. The summed E-state index contributed by atoms with van der Waals surface area (Å²) in [5.74, 6) is 0.458. The summed E-state index contributed by atoms with van der Waals surface area (Å²) in [6.45, 7) is 0.165. The smallest absolute Gasteiger partial charge is 0.123 e. The van der Waals surface area contributed by atoms with Gasteiger partial charge in [0.2, 0.25) is 0 Å². The van der Waals surface area contributed by atoms with Crippen molar-refractivity contribution in [2.75, 3.05) is 20.3 Å². The first-order valence-electron chi connectivity index (χ1n) is 6.83. The number of methoxy groups -OCH3 is 1. The van der Waals surface area contributed by atoms with Gasteiger partial charge in [-0.25, -0.2) is 4.39 Å². The third kappa shape index (κ3) is 3.40. The fraction of sp³-hybridized carbons (Fsp3) is 0.294. The Balaban J connectivity index is 2.35. The number of nitrogens with two attached hydrogens (primary N) is 1. The third-order valence-electron chi connectivity index (χ3n) is 3.83. The van der Waals surface area contributed by atoms with Gasteiger partial charge in [-0.3, -0.25) is 0 Å². The normalized spacial score (nSPS) is 13.7. The molecule has 1 atom stereocenters. The Morgan fingerprint density at radius 3 is 2.48 bits per heavy atom. The maximum Gasteiger partial charge on any atom is 0.123 e. The van der Waals surface area contributed by atoms with Crippen molar-refractivity contribution in [3.05, 3.63) is 65.5 Å². The molecule has 0 heterocycles. The molecule has 0 bridgehead atoms. The van der Waals surface area contributed by atoms with E-state index in [1.807, 2.05) is 24.3 Å². The summed E-state index contributed by atoms with van der Waals surface area (Å²) in [5.41, 5.74) is 7.14. The van der Waals surface area contributed by atoms with Crippen LogP contribution in [0.4, 0.5) is 4.39 Å². The molecule has 2 rings (SSSR count). The van der Waals surface area contributed by atoms with Crippen LogP contribution in [0.3, 0.4) is 0 Å². The minimum atomic E-state index is -0.625. The molecule has 0 aromatic heterocycles. The number of ether oxygens (including phenoxy) is 1. The van der Waals surface area contributed by atoms with Crippen LogP contribution in [0.5, 0.6) is 5.75 Å². The van der Waals surface area contributed by atoms with Gasteiger partial charge < -0.3 is 15.6 Å². The lowest BCUT2D eigenvalue weighted by molar-refractivity contribution is 0.196. The minimum Gasteiger partial charge on any atom is -0.497 e. The summed E-state index contributed by atoms with van der Waals surface area (Å²) in [6.07, 6.45) is 0.558. The van der Waals surface area contributed by atoms with Crippen LogP contribution < -0.4 is 10.5 Å². The highest BCUT2D eigenvalue weighted by atomic mass is 19.1. The Morgan fingerprint density at radius 1 is 1.19 bits per heavy atom. The second kappa shape index (κ2) is 6.70. The van der Waals surface area contributed by atoms with Crippen LogP contribution in [0.25, 0.3) is 0 Å². The van der Waals surface area contributed by atoms with Crippen molar-refractivity contribution in [2.45, 2.75) is 11.8 Å². The average molecular weight is 289 g/mol. The van der Waals surface area contributed by atoms with Gasteiger partial charge in [0, 0.05) is 12.0 Å². The topological polar surface area (TPSA) is 55.5 Å². The standard InChI is InChI=1S/C17H20FNO2/c1-21-16-4-2-3-13(9-16)10-17(11-19,12-20)14-5-7-15(18)8-6-14/h2-9,20H,10-12,19H2,1H3. The van der Waals surface area contributed by atoms with Crippen molar-refractivity contribution in [3.63, 3.8) is 0 Å². The lowest BCUT2D eigenvalue weighted by Gasteiger charge is -2.31. The maximum absolute atomic E-state index is 13.1. The number of rotatable bonds is 6. The zero-order chi connectivity index (χ0) is 15.3. The molecule has 0 aliphatic rings. The van der Waals surface area contributed by atoms with Gasteiger partial charge in [0.05, 0.1) is 13.7 Å². The first kappa shape index (κ1) is 15.5. The Morgan fingerprint density at radius 2 is 1.90 bits per heavy atom. The number of hydrogen-bond acceptors (Lipinski definition) is 3. The Kier molecular flexibility index (Phi) is 4.94. The van der Waals surface area contributed by atoms with Crippen LogP contribution >= 0.6 is 0 Å². The molecule has 0 saturated heterocycles. The van der Waals surface area contributed by atoms with Gasteiger partial charge >= 0.3 is 0 Å². The van der Waals surface area contributed by atoms with Crippen LogP contribution in [0.2, 0.25) is 0 Å². The van der Waals surface area contributed by atoms with Crippen LogP contribution in [0.1, 0.15) is 11.1 Å². The van der Waals surface area contributed by atoms with Gasteiger partial charge in [-0.2, -0.15) is 0 Å². The summed E-state index contributed by atoms with van der Waals surface area (Å²) in [4.78, 5) is 0. The SMILES string of the molecule is COc1cccc(CC(CN)(CO)c2ccc(F)cc2)c1. The lowest BCUT2D eigenvalue weighted by Crippen LogP contribution is -2.41. The Labute approximate surface area is 124 Å². The van der Waals surface area contributed by atoms with E-state index in [4.69, 9.17) is 10.5 Å². The fourth-order valence-corrected chi connectivity index (χ4v) is 2.48. The Bertz CT molecular complexity index is 580. The second-order valence-electron chi connectivity index (χ2n) is 5.18. The van der Waals surface area contributed by atoms with Gasteiger partial charge in [-0.05, 0) is 41.8 Å². The molecule has 0 saturated carbocycles. The highest BCUT2D eigenvalue weighted by molar-refractivity contribution is 5.34. The zero-order valence-electron chi connectivity index (χ0n) is 12.1. The van der Waals surface area contributed by atoms with Gasteiger partial charge in [-0.1, -0.05) is 24.3 Å². The number of benzene rings is 2. The molecule has 0 fully saturated rings. The molecular weight excluding hydrogens is 269 g/mol. The van der Waals surface area contributed by atoms with Crippen molar-refractivity contribution >= 4 is 0 Å². The summed E-state index contributed by atoms with van der Waals surface area (Å²) in [7, 11) is 1.61. The van der Waals surface area contributed by atoms with Crippen LogP contribution in [0.15, 0.2) is 48.5 Å². The van der Waals surface area contributed by atoms with E-state index >= 15 is 0 Å². The van der Waals surface area contributed by atoms with Gasteiger partial charge in [-0.15, -0.1) is 0 Å². The summed E-state index contributed by atoms with van der Waals surface area (Å²) in [5, 5.41) is 9.88. The fourth-order valence-electron chi connectivity index (χ4n) is 2.48. The summed E-state index contributed by atoms with van der Waals surface area (Å²) in [6, 6.07) is 13.8. The first-order chi connectivity index (χ1) is 10.1. The van der Waals surface area contributed by atoms with E-state index in [2.05, 4.69) is 0 Å². The molecule has 0 aliphatic carbocycles. The number of hydrogen-bond donors (Lipinski definition) is 2. The monoisotopic (exact) mass is 289 g/mol. The van der Waals surface area contributed by atoms with E-state index in [9.17, 15) is 9.50 Å². The Hall–Kier alpha value is -1.91.